The Morgan fingerprint density at radius 2 is 1.81 bits per heavy atom. The lowest BCUT2D eigenvalue weighted by atomic mass is 9.82. The van der Waals surface area contributed by atoms with Gasteiger partial charge in [-0.3, -0.25) is 4.90 Å². The van der Waals surface area contributed by atoms with Gasteiger partial charge in [0.05, 0.1) is 0 Å². The highest BCUT2D eigenvalue weighted by molar-refractivity contribution is 9.10. The molecule has 1 aliphatic heterocycles. The fraction of sp³-hybridized carbons (Fsp3) is 0.733. The summed E-state index contributed by atoms with van der Waals surface area (Å²) in [6, 6.07) is 3.02. The molecule has 1 saturated heterocycles. The van der Waals surface area contributed by atoms with Crippen LogP contribution in [0.1, 0.15) is 43.0 Å². The maximum atomic E-state index is 3.63. The van der Waals surface area contributed by atoms with E-state index >= 15 is 0 Å². The van der Waals surface area contributed by atoms with Crippen molar-refractivity contribution in [3.8, 4) is 0 Å². The molecule has 122 valence electrons. The second-order valence-corrected chi connectivity index (χ2v) is 7.65. The first-order chi connectivity index (χ1) is 9.34. The number of hydrogen-bond acceptors (Lipinski definition) is 3. The van der Waals surface area contributed by atoms with Crippen LogP contribution in [0.5, 0.6) is 0 Å². The Morgan fingerprint density at radius 3 is 2.38 bits per heavy atom. The summed E-state index contributed by atoms with van der Waals surface area (Å²) in [5, 5.41) is 5.73. The van der Waals surface area contributed by atoms with Crippen LogP contribution < -0.4 is 5.32 Å². The Hall–Kier alpha value is 0.680. The lowest BCUT2D eigenvalue weighted by molar-refractivity contribution is 0.106. The molecule has 21 heavy (non-hydrogen) atoms. The molecule has 0 radical (unpaired) electrons. The zero-order chi connectivity index (χ0) is 13.1. The van der Waals surface area contributed by atoms with Gasteiger partial charge in [-0.25, -0.2) is 0 Å². The van der Waals surface area contributed by atoms with Gasteiger partial charge in [-0.05, 0) is 40.8 Å². The molecule has 3 rings (SSSR count). The Kier molecular flexibility index (Phi) is 9.15. The molecule has 2 fully saturated rings. The summed E-state index contributed by atoms with van der Waals surface area (Å²) in [7, 11) is 0. The van der Waals surface area contributed by atoms with Gasteiger partial charge in [-0.15, -0.1) is 36.2 Å². The Morgan fingerprint density at radius 1 is 1.14 bits per heavy atom. The van der Waals surface area contributed by atoms with E-state index in [1.807, 2.05) is 11.3 Å². The van der Waals surface area contributed by atoms with Crippen LogP contribution in [-0.2, 0) is 0 Å². The van der Waals surface area contributed by atoms with E-state index in [9.17, 15) is 0 Å². The third-order valence-corrected chi connectivity index (χ3v) is 6.28. The van der Waals surface area contributed by atoms with Gasteiger partial charge < -0.3 is 5.32 Å². The van der Waals surface area contributed by atoms with Crippen LogP contribution in [0, 0.1) is 5.92 Å². The minimum atomic E-state index is 0. The molecule has 1 saturated carbocycles. The normalized spacial score (nSPS) is 22.1. The van der Waals surface area contributed by atoms with Crippen molar-refractivity contribution in [1.29, 1.82) is 0 Å². The summed E-state index contributed by atoms with van der Waals surface area (Å²) in [6.45, 7) is 4.71. The Balaban J connectivity index is 0.00000110. The van der Waals surface area contributed by atoms with Crippen LogP contribution in [-0.4, -0.2) is 31.1 Å². The van der Waals surface area contributed by atoms with Crippen molar-refractivity contribution < 1.29 is 0 Å². The zero-order valence-electron chi connectivity index (χ0n) is 12.2. The average Bonchev–Trinajstić information content (AvgIpc) is 2.88. The predicted molar refractivity (Wildman–Crippen MR) is 100 cm³/mol. The summed E-state index contributed by atoms with van der Waals surface area (Å²) in [5.41, 5.74) is 0. The first-order valence-corrected chi connectivity index (χ1v) is 9.20. The van der Waals surface area contributed by atoms with Gasteiger partial charge in [0, 0.05) is 47.0 Å². The number of piperazine rings is 1. The summed E-state index contributed by atoms with van der Waals surface area (Å²) in [4.78, 5) is 4.30. The van der Waals surface area contributed by atoms with E-state index < -0.39 is 0 Å². The van der Waals surface area contributed by atoms with Crippen molar-refractivity contribution >= 4 is 52.1 Å². The van der Waals surface area contributed by atoms with Crippen LogP contribution in [0.25, 0.3) is 0 Å². The average molecular weight is 416 g/mol. The molecule has 1 aromatic heterocycles. The van der Waals surface area contributed by atoms with Gasteiger partial charge in [0.15, 0.2) is 0 Å². The Bertz CT molecular complexity index is 386. The van der Waals surface area contributed by atoms with E-state index in [1.54, 1.807) is 4.88 Å². The van der Waals surface area contributed by atoms with E-state index in [2.05, 4.69) is 37.6 Å². The molecule has 1 aliphatic carbocycles. The topological polar surface area (TPSA) is 15.3 Å². The smallest absolute Gasteiger partial charge is 0.0471 e. The van der Waals surface area contributed by atoms with Gasteiger partial charge >= 0.3 is 0 Å². The Labute approximate surface area is 153 Å². The van der Waals surface area contributed by atoms with E-state index in [4.69, 9.17) is 0 Å². The van der Waals surface area contributed by atoms with Gasteiger partial charge in [0.2, 0.25) is 0 Å². The number of halogens is 3. The van der Waals surface area contributed by atoms with Gasteiger partial charge in [-0.2, -0.15) is 0 Å². The molecule has 0 bridgehead atoms. The molecular formula is C15H25BrCl2N2S. The number of thiophene rings is 1. The van der Waals surface area contributed by atoms with Crippen molar-refractivity contribution in [3.05, 3.63) is 20.8 Å². The molecule has 1 aromatic rings. The molecule has 0 amide bonds. The molecule has 2 aliphatic rings. The summed E-state index contributed by atoms with van der Waals surface area (Å²) in [6.07, 6.45) is 7.15. The van der Waals surface area contributed by atoms with Crippen molar-refractivity contribution in [2.24, 2.45) is 5.92 Å². The highest BCUT2D eigenvalue weighted by Gasteiger charge is 2.31. The summed E-state index contributed by atoms with van der Waals surface area (Å²) >= 11 is 5.56. The zero-order valence-corrected chi connectivity index (χ0v) is 16.3. The molecule has 2 nitrogen and oxygen atoms in total. The van der Waals surface area contributed by atoms with E-state index in [0.29, 0.717) is 6.04 Å². The molecule has 6 heteroatoms. The predicted octanol–water partition coefficient (Wildman–Crippen LogP) is 4.88. The third-order valence-electron chi connectivity index (χ3n) is 4.52. The molecule has 0 unspecified atom stereocenters. The molecular weight excluding hydrogens is 391 g/mol. The monoisotopic (exact) mass is 414 g/mol. The fourth-order valence-electron chi connectivity index (χ4n) is 3.60. The number of rotatable bonds is 3. The minimum absolute atomic E-state index is 0. The number of nitrogens with one attached hydrogen (secondary N) is 1. The first-order valence-electron chi connectivity index (χ1n) is 7.53. The van der Waals surface area contributed by atoms with Crippen molar-refractivity contribution in [2.45, 2.75) is 38.1 Å². The summed E-state index contributed by atoms with van der Waals surface area (Å²) in [5.74, 6) is 0.873. The van der Waals surface area contributed by atoms with Gasteiger partial charge in [-0.1, -0.05) is 19.3 Å². The SMILES string of the molecule is Brc1csc([C@@H](C2CCCCC2)N2CCNCC2)c1.Cl.Cl. The second kappa shape index (κ2) is 9.74. The lowest BCUT2D eigenvalue weighted by Crippen LogP contribution is -2.47. The largest absolute Gasteiger partial charge is 0.314 e. The minimum Gasteiger partial charge on any atom is -0.314 e. The van der Waals surface area contributed by atoms with Gasteiger partial charge in [0.25, 0.3) is 0 Å². The maximum Gasteiger partial charge on any atom is 0.0471 e. The van der Waals surface area contributed by atoms with Gasteiger partial charge in [0.1, 0.15) is 0 Å². The van der Waals surface area contributed by atoms with Crippen LogP contribution in [0.2, 0.25) is 0 Å². The van der Waals surface area contributed by atoms with Crippen LogP contribution in [0.3, 0.4) is 0 Å². The van der Waals surface area contributed by atoms with E-state index in [-0.39, 0.29) is 24.8 Å². The number of nitrogens with zero attached hydrogens (tertiary/aromatic N) is 1. The fourth-order valence-corrected chi connectivity index (χ4v) is 5.28. The van der Waals surface area contributed by atoms with Crippen LogP contribution >= 0.6 is 52.1 Å². The van der Waals surface area contributed by atoms with E-state index in [0.717, 1.165) is 19.0 Å². The highest BCUT2D eigenvalue weighted by atomic mass is 79.9. The molecule has 0 aromatic carbocycles. The van der Waals surface area contributed by atoms with Crippen molar-refractivity contribution in [3.63, 3.8) is 0 Å². The van der Waals surface area contributed by atoms with Crippen molar-refractivity contribution in [1.82, 2.24) is 10.2 Å². The van der Waals surface area contributed by atoms with E-state index in [1.165, 1.54) is 49.7 Å². The van der Waals surface area contributed by atoms with Crippen molar-refractivity contribution in [2.75, 3.05) is 26.2 Å². The van der Waals surface area contributed by atoms with Crippen LogP contribution in [0.15, 0.2) is 15.9 Å². The lowest BCUT2D eigenvalue weighted by Gasteiger charge is -2.40. The highest BCUT2D eigenvalue weighted by Crippen LogP contribution is 2.41. The maximum absolute atomic E-state index is 3.63. The molecule has 0 spiro atoms. The third kappa shape index (κ3) is 5.08. The molecule has 2 heterocycles. The second-order valence-electron chi connectivity index (χ2n) is 5.80. The first kappa shape index (κ1) is 19.7. The quantitative estimate of drug-likeness (QED) is 0.756. The standard InChI is InChI=1S/C15H23BrN2S.2ClH/c16-13-10-14(19-11-13)15(12-4-2-1-3-5-12)18-8-6-17-7-9-18;;/h10-12,15,17H,1-9H2;2*1H/t15-;;/m1../s1. The number of hydrogen-bond donors (Lipinski definition) is 1. The summed E-state index contributed by atoms with van der Waals surface area (Å²) < 4.78 is 1.25. The van der Waals surface area contributed by atoms with Crippen LogP contribution in [0.4, 0.5) is 0 Å². The molecule has 1 N–H and O–H groups in total. The molecule has 1 atom stereocenters.